The minimum Gasteiger partial charge on any atom is -0.335 e. The van der Waals surface area contributed by atoms with Gasteiger partial charge in [-0.05, 0) is 45.4 Å². The van der Waals surface area contributed by atoms with Crippen molar-refractivity contribution in [2.45, 2.75) is 33.2 Å². The monoisotopic (exact) mass is 378 g/mol. The van der Waals surface area contributed by atoms with Gasteiger partial charge in [-0.3, -0.25) is 4.79 Å². The lowest BCUT2D eigenvalue weighted by Crippen LogP contribution is -2.41. The van der Waals surface area contributed by atoms with E-state index in [9.17, 15) is 17.6 Å². The van der Waals surface area contributed by atoms with Gasteiger partial charge in [-0.1, -0.05) is 12.1 Å². The summed E-state index contributed by atoms with van der Waals surface area (Å²) in [6, 6.07) is 7.88. The van der Waals surface area contributed by atoms with Gasteiger partial charge in [0.25, 0.3) is 5.91 Å². The summed E-state index contributed by atoms with van der Waals surface area (Å²) in [7, 11) is -3.08. The van der Waals surface area contributed by atoms with Crippen molar-refractivity contribution < 1.29 is 17.6 Å². The fraction of sp³-hybridized carbons (Fsp3) is 0.421. The standard InChI is InChI=1S/C19H23FN2O3S/c1-4-21(15-9-10-26(24,25)12-15)19(23)16-11-13(2)22(14(16)3)18-8-6-5-7-17(18)20/h5-8,11,15H,4,9-10,12H2,1-3H3. The number of rotatable bonds is 4. The third-order valence-corrected chi connectivity index (χ3v) is 6.76. The quantitative estimate of drug-likeness (QED) is 0.822. The topological polar surface area (TPSA) is 59.4 Å². The molecule has 2 heterocycles. The van der Waals surface area contributed by atoms with E-state index in [0.29, 0.717) is 29.9 Å². The van der Waals surface area contributed by atoms with Gasteiger partial charge in [0.1, 0.15) is 5.82 Å². The predicted molar refractivity (Wildman–Crippen MR) is 99.0 cm³/mol. The second-order valence-corrected chi connectivity index (χ2v) is 8.95. The molecule has 5 nitrogen and oxygen atoms in total. The normalized spacial score (nSPS) is 18.8. The summed E-state index contributed by atoms with van der Waals surface area (Å²) >= 11 is 0. The molecule has 0 bridgehead atoms. The molecule has 0 N–H and O–H groups in total. The van der Waals surface area contributed by atoms with Gasteiger partial charge in [0.15, 0.2) is 9.84 Å². The van der Waals surface area contributed by atoms with Gasteiger partial charge in [-0.2, -0.15) is 0 Å². The molecule has 1 fully saturated rings. The Kier molecular flexibility index (Phi) is 4.92. The van der Waals surface area contributed by atoms with Gasteiger partial charge >= 0.3 is 0 Å². The van der Waals surface area contributed by atoms with E-state index in [4.69, 9.17) is 0 Å². The van der Waals surface area contributed by atoms with Crippen molar-refractivity contribution in [3.63, 3.8) is 0 Å². The first-order valence-electron chi connectivity index (χ1n) is 8.70. The highest BCUT2D eigenvalue weighted by molar-refractivity contribution is 7.91. The van der Waals surface area contributed by atoms with Crippen molar-refractivity contribution in [3.05, 3.63) is 53.1 Å². The Bertz CT molecular complexity index is 950. The van der Waals surface area contributed by atoms with E-state index >= 15 is 0 Å². The summed E-state index contributed by atoms with van der Waals surface area (Å²) < 4.78 is 39.5. The number of amides is 1. The van der Waals surface area contributed by atoms with E-state index < -0.39 is 9.84 Å². The van der Waals surface area contributed by atoms with Gasteiger partial charge in [0.2, 0.25) is 0 Å². The van der Waals surface area contributed by atoms with E-state index in [1.54, 1.807) is 40.7 Å². The predicted octanol–water partition coefficient (Wildman–Crippen LogP) is 2.88. The summed E-state index contributed by atoms with van der Waals surface area (Å²) in [6.45, 7) is 5.89. The molecule has 2 aromatic rings. The lowest BCUT2D eigenvalue weighted by atomic mass is 10.1. The molecule has 3 rings (SSSR count). The molecular weight excluding hydrogens is 355 g/mol. The maximum absolute atomic E-state index is 14.2. The Morgan fingerprint density at radius 3 is 2.58 bits per heavy atom. The highest BCUT2D eigenvalue weighted by Crippen LogP contribution is 2.26. The fourth-order valence-electron chi connectivity index (χ4n) is 3.73. The van der Waals surface area contributed by atoms with Crippen LogP contribution in [0.1, 0.15) is 35.1 Å². The molecule has 0 radical (unpaired) electrons. The molecule has 0 aliphatic carbocycles. The Hall–Kier alpha value is -2.15. The maximum atomic E-state index is 14.2. The average Bonchev–Trinajstić information content (AvgIpc) is 3.08. The SMILES string of the molecule is CCN(C(=O)c1cc(C)n(-c2ccccc2F)c1C)C1CCS(=O)(=O)C1. The van der Waals surface area contributed by atoms with Crippen molar-refractivity contribution in [1.82, 2.24) is 9.47 Å². The van der Waals surface area contributed by atoms with Crippen molar-refractivity contribution >= 4 is 15.7 Å². The molecule has 140 valence electrons. The summed E-state index contributed by atoms with van der Waals surface area (Å²) in [5, 5.41) is 0. The highest BCUT2D eigenvalue weighted by Gasteiger charge is 2.35. The molecule has 7 heteroatoms. The number of aromatic nitrogens is 1. The number of sulfone groups is 1. The first kappa shape index (κ1) is 18.6. The molecule has 1 amide bonds. The van der Waals surface area contributed by atoms with Crippen LogP contribution in [0.25, 0.3) is 5.69 Å². The molecule has 1 atom stereocenters. The molecule has 1 aliphatic rings. The minimum atomic E-state index is -3.08. The van der Waals surface area contributed by atoms with Crippen molar-refractivity contribution in [1.29, 1.82) is 0 Å². The summed E-state index contributed by atoms with van der Waals surface area (Å²) in [5.41, 5.74) is 2.29. The van der Waals surface area contributed by atoms with Crippen LogP contribution < -0.4 is 0 Å². The van der Waals surface area contributed by atoms with Crippen LogP contribution in [0.5, 0.6) is 0 Å². The average molecular weight is 378 g/mol. The number of hydrogen-bond donors (Lipinski definition) is 0. The van der Waals surface area contributed by atoms with Crippen LogP contribution in [0.2, 0.25) is 0 Å². The molecule has 26 heavy (non-hydrogen) atoms. The minimum absolute atomic E-state index is 0.0125. The van der Waals surface area contributed by atoms with Gasteiger partial charge in [0.05, 0.1) is 22.8 Å². The summed E-state index contributed by atoms with van der Waals surface area (Å²) in [4.78, 5) is 14.7. The molecule has 1 aromatic heterocycles. The zero-order valence-electron chi connectivity index (χ0n) is 15.2. The Balaban J connectivity index is 1.98. The van der Waals surface area contributed by atoms with Crippen LogP contribution in [0.15, 0.2) is 30.3 Å². The zero-order valence-corrected chi connectivity index (χ0v) is 16.0. The van der Waals surface area contributed by atoms with Crippen LogP contribution in [0.4, 0.5) is 4.39 Å². The summed E-state index contributed by atoms with van der Waals surface area (Å²) in [6.07, 6.45) is 0.466. The number of benzene rings is 1. The highest BCUT2D eigenvalue weighted by atomic mass is 32.2. The third-order valence-electron chi connectivity index (χ3n) is 5.01. The second kappa shape index (κ2) is 6.87. The Labute approximate surface area is 153 Å². The first-order chi connectivity index (χ1) is 12.2. The van der Waals surface area contributed by atoms with Gasteiger partial charge in [-0.25, -0.2) is 12.8 Å². The number of aryl methyl sites for hydroxylation is 1. The lowest BCUT2D eigenvalue weighted by Gasteiger charge is -2.27. The van der Waals surface area contributed by atoms with Crippen molar-refractivity contribution in [3.8, 4) is 5.69 Å². The smallest absolute Gasteiger partial charge is 0.255 e. The van der Waals surface area contributed by atoms with Crippen molar-refractivity contribution in [2.24, 2.45) is 0 Å². The number of nitrogens with zero attached hydrogens (tertiary/aromatic N) is 2. The van der Waals surface area contributed by atoms with Gasteiger partial charge in [-0.15, -0.1) is 0 Å². The first-order valence-corrected chi connectivity index (χ1v) is 10.5. The van der Waals surface area contributed by atoms with Crippen molar-refractivity contribution in [2.75, 3.05) is 18.1 Å². The molecule has 1 aromatic carbocycles. The van der Waals surface area contributed by atoms with Gasteiger partial charge < -0.3 is 9.47 Å². The van der Waals surface area contributed by atoms with E-state index in [-0.39, 0.29) is 29.3 Å². The van der Waals surface area contributed by atoms with Crippen LogP contribution in [0.3, 0.4) is 0 Å². The van der Waals surface area contributed by atoms with E-state index in [1.165, 1.54) is 6.07 Å². The van der Waals surface area contributed by atoms with Crippen LogP contribution in [-0.4, -0.2) is 47.9 Å². The Morgan fingerprint density at radius 1 is 1.31 bits per heavy atom. The fourth-order valence-corrected chi connectivity index (χ4v) is 5.46. The van der Waals surface area contributed by atoms with E-state index in [0.717, 1.165) is 5.69 Å². The summed E-state index contributed by atoms with van der Waals surface area (Å²) in [5.74, 6) is -0.429. The zero-order chi connectivity index (χ0) is 19.1. The molecule has 0 saturated carbocycles. The number of carbonyl (C=O) groups excluding carboxylic acids is 1. The number of para-hydroxylation sites is 1. The molecule has 1 saturated heterocycles. The second-order valence-electron chi connectivity index (χ2n) is 6.72. The number of halogens is 1. The van der Waals surface area contributed by atoms with E-state index in [2.05, 4.69) is 0 Å². The molecular formula is C19H23FN2O3S. The molecule has 1 unspecified atom stereocenters. The van der Waals surface area contributed by atoms with E-state index in [1.807, 2.05) is 13.8 Å². The van der Waals surface area contributed by atoms with Crippen LogP contribution in [-0.2, 0) is 9.84 Å². The largest absolute Gasteiger partial charge is 0.335 e. The number of hydrogen-bond acceptors (Lipinski definition) is 3. The Morgan fingerprint density at radius 2 is 2.00 bits per heavy atom. The van der Waals surface area contributed by atoms with Crippen LogP contribution >= 0.6 is 0 Å². The lowest BCUT2D eigenvalue weighted by molar-refractivity contribution is 0.0707. The third kappa shape index (κ3) is 3.28. The maximum Gasteiger partial charge on any atom is 0.255 e. The number of carbonyl (C=O) groups is 1. The molecule has 0 spiro atoms. The van der Waals surface area contributed by atoms with Gasteiger partial charge in [0, 0.05) is 24.0 Å². The molecule has 1 aliphatic heterocycles. The van der Waals surface area contributed by atoms with Crippen LogP contribution in [0, 0.1) is 19.7 Å².